The first kappa shape index (κ1) is 9.91. The van der Waals surface area contributed by atoms with Crippen LogP contribution in [0.3, 0.4) is 0 Å². The Balaban J connectivity index is 1.93. The van der Waals surface area contributed by atoms with Crippen molar-refractivity contribution in [1.29, 1.82) is 5.26 Å². The van der Waals surface area contributed by atoms with Crippen LogP contribution >= 0.6 is 0 Å². The van der Waals surface area contributed by atoms with Crippen LogP contribution in [0.25, 0.3) is 0 Å². The summed E-state index contributed by atoms with van der Waals surface area (Å²) in [7, 11) is 0. The standard InChI is InChI=1S/C10H15NO3/c11-5-1-3-8-7-9-10(12,14-8)4-2-6-13-9/h8-9,12H,1-4,6-7H2/t8-,9+,10+/m0/s1. The van der Waals surface area contributed by atoms with Crippen LogP contribution in [-0.2, 0) is 9.47 Å². The molecule has 0 radical (unpaired) electrons. The van der Waals surface area contributed by atoms with Gasteiger partial charge in [-0.3, -0.25) is 0 Å². The highest BCUT2D eigenvalue weighted by atomic mass is 16.7. The molecule has 0 aromatic carbocycles. The van der Waals surface area contributed by atoms with Gasteiger partial charge in [0.05, 0.1) is 12.2 Å². The van der Waals surface area contributed by atoms with E-state index in [1.165, 1.54) is 0 Å². The summed E-state index contributed by atoms with van der Waals surface area (Å²) in [5, 5.41) is 18.5. The lowest BCUT2D eigenvalue weighted by molar-refractivity contribution is -0.258. The van der Waals surface area contributed by atoms with Crippen molar-refractivity contribution in [2.75, 3.05) is 6.61 Å². The van der Waals surface area contributed by atoms with Crippen LogP contribution in [0.15, 0.2) is 0 Å². The van der Waals surface area contributed by atoms with Gasteiger partial charge in [0, 0.05) is 25.9 Å². The van der Waals surface area contributed by atoms with Gasteiger partial charge in [0.1, 0.15) is 6.10 Å². The van der Waals surface area contributed by atoms with Crippen molar-refractivity contribution in [3.8, 4) is 6.07 Å². The van der Waals surface area contributed by atoms with Crippen molar-refractivity contribution < 1.29 is 14.6 Å². The normalized spacial score (nSPS) is 41.7. The molecule has 78 valence electrons. The SMILES string of the molecule is N#CCC[C@H]1C[C@H]2OCCC[C@@]2(O)O1. The molecular weight excluding hydrogens is 182 g/mol. The summed E-state index contributed by atoms with van der Waals surface area (Å²) in [5.74, 6) is -1.07. The summed E-state index contributed by atoms with van der Waals surface area (Å²) in [6.07, 6.45) is 3.20. The summed E-state index contributed by atoms with van der Waals surface area (Å²) in [4.78, 5) is 0. The molecule has 2 aliphatic heterocycles. The maximum Gasteiger partial charge on any atom is 0.192 e. The molecule has 1 N–H and O–H groups in total. The number of nitrogens with zero attached hydrogens (tertiary/aromatic N) is 1. The molecular formula is C10H15NO3. The van der Waals surface area contributed by atoms with Crippen LogP contribution in [0.2, 0.25) is 0 Å². The molecule has 0 aromatic heterocycles. The predicted molar refractivity (Wildman–Crippen MR) is 48.3 cm³/mol. The number of hydrogen-bond donors (Lipinski definition) is 1. The molecule has 0 aromatic rings. The molecule has 4 nitrogen and oxygen atoms in total. The third-order valence-corrected chi connectivity index (χ3v) is 2.93. The lowest BCUT2D eigenvalue weighted by Gasteiger charge is -2.32. The van der Waals surface area contributed by atoms with E-state index < -0.39 is 5.79 Å². The van der Waals surface area contributed by atoms with E-state index in [4.69, 9.17) is 14.7 Å². The predicted octanol–water partition coefficient (Wildman–Crippen LogP) is 0.947. The number of nitriles is 1. The Morgan fingerprint density at radius 3 is 3.14 bits per heavy atom. The van der Waals surface area contributed by atoms with Gasteiger partial charge in [-0.05, 0) is 12.8 Å². The molecule has 0 amide bonds. The van der Waals surface area contributed by atoms with E-state index in [1.54, 1.807) is 0 Å². The average Bonchev–Trinajstić information content (AvgIpc) is 2.51. The summed E-state index contributed by atoms with van der Waals surface area (Å²) in [6.45, 7) is 0.710. The van der Waals surface area contributed by atoms with Gasteiger partial charge in [-0.2, -0.15) is 5.26 Å². The van der Waals surface area contributed by atoms with Gasteiger partial charge in [0.2, 0.25) is 0 Å². The van der Waals surface area contributed by atoms with Crippen molar-refractivity contribution in [1.82, 2.24) is 0 Å². The fourth-order valence-corrected chi connectivity index (χ4v) is 2.21. The maximum atomic E-state index is 10.1. The summed E-state index contributed by atoms with van der Waals surface area (Å²) >= 11 is 0. The van der Waals surface area contributed by atoms with Crippen LogP contribution in [0.4, 0.5) is 0 Å². The van der Waals surface area contributed by atoms with Crippen LogP contribution in [0.5, 0.6) is 0 Å². The lowest BCUT2D eigenvalue weighted by Crippen LogP contribution is -2.44. The second kappa shape index (κ2) is 3.85. The molecule has 0 spiro atoms. The first-order valence-corrected chi connectivity index (χ1v) is 5.13. The van der Waals surface area contributed by atoms with Crippen LogP contribution < -0.4 is 0 Å². The molecule has 0 bridgehead atoms. The van der Waals surface area contributed by atoms with E-state index in [0.29, 0.717) is 25.9 Å². The summed E-state index contributed by atoms with van der Waals surface area (Å²) in [6, 6.07) is 2.09. The van der Waals surface area contributed by atoms with E-state index in [2.05, 4.69) is 6.07 Å². The smallest absolute Gasteiger partial charge is 0.192 e. The molecule has 0 unspecified atom stereocenters. The fourth-order valence-electron chi connectivity index (χ4n) is 2.21. The Morgan fingerprint density at radius 1 is 1.57 bits per heavy atom. The van der Waals surface area contributed by atoms with Gasteiger partial charge >= 0.3 is 0 Å². The Kier molecular flexibility index (Phi) is 2.73. The minimum atomic E-state index is -1.07. The lowest BCUT2D eigenvalue weighted by atomic mass is 10.00. The fraction of sp³-hybridized carbons (Fsp3) is 0.900. The molecule has 2 heterocycles. The van der Waals surface area contributed by atoms with Gasteiger partial charge in [-0.15, -0.1) is 0 Å². The van der Waals surface area contributed by atoms with Crippen LogP contribution in [0.1, 0.15) is 32.1 Å². The van der Waals surface area contributed by atoms with Crippen molar-refractivity contribution in [3.05, 3.63) is 0 Å². The number of rotatable bonds is 2. The van der Waals surface area contributed by atoms with Gasteiger partial charge in [0.25, 0.3) is 0 Å². The quantitative estimate of drug-likeness (QED) is 0.715. The highest BCUT2D eigenvalue weighted by Crippen LogP contribution is 2.38. The zero-order valence-electron chi connectivity index (χ0n) is 8.11. The Bertz CT molecular complexity index is 250. The molecule has 2 aliphatic rings. The van der Waals surface area contributed by atoms with Crippen molar-refractivity contribution in [2.45, 2.75) is 50.1 Å². The van der Waals surface area contributed by atoms with E-state index in [0.717, 1.165) is 12.8 Å². The number of fused-ring (bicyclic) bond motifs is 1. The van der Waals surface area contributed by atoms with Crippen molar-refractivity contribution >= 4 is 0 Å². The maximum absolute atomic E-state index is 10.1. The zero-order chi connectivity index (χ0) is 10.0. The minimum absolute atomic E-state index is 0.0113. The van der Waals surface area contributed by atoms with Crippen molar-refractivity contribution in [2.24, 2.45) is 0 Å². The molecule has 2 rings (SSSR count). The third kappa shape index (κ3) is 1.76. The molecule has 3 atom stereocenters. The Hall–Kier alpha value is -0.630. The molecule has 4 heteroatoms. The topological polar surface area (TPSA) is 62.5 Å². The highest BCUT2D eigenvalue weighted by molar-refractivity contribution is 4.92. The number of ether oxygens (including phenoxy) is 2. The van der Waals surface area contributed by atoms with E-state index in [-0.39, 0.29) is 12.2 Å². The van der Waals surface area contributed by atoms with E-state index >= 15 is 0 Å². The molecule has 14 heavy (non-hydrogen) atoms. The largest absolute Gasteiger partial charge is 0.373 e. The first-order chi connectivity index (χ1) is 6.74. The molecule has 2 saturated heterocycles. The third-order valence-electron chi connectivity index (χ3n) is 2.93. The molecule has 0 aliphatic carbocycles. The second-order valence-corrected chi connectivity index (χ2v) is 3.98. The zero-order valence-corrected chi connectivity index (χ0v) is 8.11. The van der Waals surface area contributed by atoms with Gasteiger partial charge in [-0.25, -0.2) is 0 Å². The van der Waals surface area contributed by atoms with Gasteiger partial charge < -0.3 is 14.6 Å². The molecule has 0 saturated carbocycles. The van der Waals surface area contributed by atoms with Crippen LogP contribution in [0, 0.1) is 11.3 Å². The highest BCUT2D eigenvalue weighted by Gasteiger charge is 2.49. The van der Waals surface area contributed by atoms with Gasteiger partial charge in [0.15, 0.2) is 5.79 Å². The van der Waals surface area contributed by atoms with E-state index in [9.17, 15) is 5.11 Å². The summed E-state index contributed by atoms with van der Waals surface area (Å²) < 4.78 is 11.0. The monoisotopic (exact) mass is 197 g/mol. The first-order valence-electron chi connectivity index (χ1n) is 5.13. The Morgan fingerprint density at radius 2 is 2.43 bits per heavy atom. The summed E-state index contributed by atoms with van der Waals surface area (Å²) in [5.41, 5.74) is 0. The van der Waals surface area contributed by atoms with Crippen LogP contribution in [-0.4, -0.2) is 29.7 Å². The molecule has 2 fully saturated rings. The number of aliphatic hydroxyl groups is 1. The average molecular weight is 197 g/mol. The van der Waals surface area contributed by atoms with E-state index in [1.807, 2.05) is 0 Å². The minimum Gasteiger partial charge on any atom is -0.373 e. The number of hydrogen-bond acceptors (Lipinski definition) is 4. The van der Waals surface area contributed by atoms with Crippen molar-refractivity contribution in [3.63, 3.8) is 0 Å². The van der Waals surface area contributed by atoms with Gasteiger partial charge in [-0.1, -0.05) is 0 Å². The Labute approximate surface area is 83.4 Å². The second-order valence-electron chi connectivity index (χ2n) is 3.98.